The highest BCUT2D eigenvalue weighted by Crippen LogP contribution is 2.23. The minimum atomic E-state index is -1.57. The highest BCUT2D eigenvalue weighted by Gasteiger charge is 2.44. The lowest BCUT2D eigenvalue weighted by Gasteiger charge is -2.40. The zero-order valence-corrected chi connectivity index (χ0v) is 46.7. The highest BCUT2D eigenvalue weighted by atomic mass is 16.7. The van der Waals surface area contributed by atoms with Gasteiger partial charge in [-0.3, -0.25) is 9.59 Å². The predicted molar refractivity (Wildman–Crippen MR) is 297 cm³/mol. The van der Waals surface area contributed by atoms with Crippen LogP contribution in [0.5, 0.6) is 0 Å². The molecule has 1 aliphatic rings. The van der Waals surface area contributed by atoms with E-state index in [9.17, 15) is 35.1 Å². The molecule has 1 saturated heterocycles. The Morgan fingerprint density at radius 3 is 1.33 bits per heavy atom. The van der Waals surface area contributed by atoms with E-state index in [4.69, 9.17) is 14.2 Å². The quantitative estimate of drug-likeness (QED) is 0.0195. The Morgan fingerprint density at radius 1 is 0.500 bits per heavy atom. The minimum absolute atomic E-state index is 0.0131. The molecule has 0 spiro atoms. The molecule has 1 amide bonds. The van der Waals surface area contributed by atoms with Crippen molar-refractivity contribution in [1.82, 2.24) is 5.32 Å². The molecule has 1 fully saturated rings. The van der Waals surface area contributed by atoms with E-state index >= 15 is 0 Å². The van der Waals surface area contributed by atoms with Gasteiger partial charge in [0.2, 0.25) is 5.91 Å². The lowest BCUT2D eigenvalue weighted by Crippen LogP contribution is -2.60. The SMILES string of the molecule is CCCCCCCCC/C=C\CCCCCCCC(=O)OCCCCCCCCCCCCCCCCCCCCCC(=O)NC(COC1OC(CO)C(O)C(O)C1O)C(O)/C=C/CCCCCCCCC. The van der Waals surface area contributed by atoms with Crippen LogP contribution in [0.1, 0.15) is 290 Å². The summed E-state index contributed by atoms with van der Waals surface area (Å²) in [5.74, 6) is -0.199. The fourth-order valence-corrected chi connectivity index (χ4v) is 9.67. The Bertz CT molecular complexity index is 1250. The van der Waals surface area contributed by atoms with E-state index in [-0.39, 0.29) is 18.5 Å². The number of ether oxygens (including phenoxy) is 3. The van der Waals surface area contributed by atoms with Gasteiger partial charge in [-0.2, -0.15) is 0 Å². The summed E-state index contributed by atoms with van der Waals surface area (Å²) in [6.07, 6.45) is 51.4. The van der Waals surface area contributed by atoms with E-state index in [0.29, 0.717) is 19.4 Å². The van der Waals surface area contributed by atoms with Crippen LogP contribution in [0, 0.1) is 0 Å². The van der Waals surface area contributed by atoms with Gasteiger partial charge in [-0.05, 0) is 57.8 Å². The van der Waals surface area contributed by atoms with Crippen molar-refractivity contribution in [1.29, 1.82) is 0 Å². The summed E-state index contributed by atoms with van der Waals surface area (Å²) < 4.78 is 16.7. The number of amides is 1. The van der Waals surface area contributed by atoms with Gasteiger partial charge in [0.05, 0.1) is 32.0 Å². The number of carbonyl (C=O) groups is 2. The summed E-state index contributed by atoms with van der Waals surface area (Å²) in [6.45, 7) is 4.31. The van der Waals surface area contributed by atoms with E-state index in [1.165, 1.54) is 199 Å². The molecule has 0 bridgehead atoms. The van der Waals surface area contributed by atoms with Crippen LogP contribution in [0.15, 0.2) is 24.3 Å². The highest BCUT2D eigenvalue weighted by molar-refractivity contribution is 5.76. The molecule has 7 unspecified atom stereocenters. The molecule has 1 rings (SSSR count). The number of aliphatic hydroxyl groups excluding tert-OH is 5. The van der Waals surface area contributed by atoms with Crippen LogP contribution >= 0.6 is 0 Å². The first kappa shape index (κ1) is 68.2. The second kappa shape index (κ2) is 51.3. The zero-order valence-electron chi connectivity index (χ0n) is 46.7. The summed E-state index contributed by atoms with van der Waals surface area (Å²) >= 11 is 0. The van der Waals surface area contributed by atoms with Gasteiger partial charge in [-0.25, -0.2) is 0 Å². The second-order valence-corrected chi connectivity index (χ2v) is 21.4. The van der Waals surface area contributed by atoms with Gasteiger partial charge < -0.3 is 45.1 Å². The van der Waals surface area contributed by atoms with Crippen LogP contribution in [0.4, 0.5) is 0 Å². The molecule has 1 aliphatic heterocycles. The van der Waals surface area contributed by atoms with Crippen molar-refractivity contribution in [2.24, 2.45) is 0 Å². The van der Waals surface area contributed by atoms with Gasteiger partial charge in [0.25, 0.3) is 0 Å². The summed E-state index contributed by atoms with van der Waals surface area (Å²) in [7, 11) is 0. The molecule has 0 aliphatic carbocycles. The lowest BCUT2D eigenvalue weighted by atomic mass is 9.99. The number of rotatable bonds is 53. The summed E-state index contributed by atoms with van der Waals surface area (Å²) in [4.78, 5) is 25.1. The van der Waals surface area contributed by atoms with Gasteiger partial charge in [-0.15, -0.1) is 0 Å². The third-order valence-electron chi connectivity index (χ3n) is 14.6. The molecular formula is C61H115NO10. The predicted octanol–water partition coefficient (Wildman–Crippen LogP) is 14.1. The molecule has 11 heteroatoms. The standard InChI is InChI=1S/C61H115NO10/c1-3-5-7-9-11-13-14-15-16-23-26-29-33-37-41-45-49-57(66)70-50-46-42-38-34-30-27-24-21-19-17-18-20-22-25-28-32-36-40-44-48-56(65)62-53(54(64)47-43-39-35-31-12-10-8-6-4-2)52-71-61-60(69)59(68)58(67)55(51-63)72-61/h16,23,43,47,53-55,58-61,63-64,67-69H,3-15,17-22,24-42,44-46,48-52H2,1-2H3,(H,62,65)/b23-16-,47-43+. The van der Waals surface area contributed by atoms with E-state index in [2.05, 4.69) is 31.3 Å². The number of carbonyl (C=O) groups excluding carboxylic acids is 2. The number of nitrogens with one attached hydrogen (secondary N) is 1. The molecule has 0 radical (unpaired) electrons. The molecule has 0 aromatic heterocycles. The van der Waals surface area contributed by atoms with Crippen LogP contribution in [0.2, 0.25) is 0 Å². The fourth-order valence-electron chi connectivity index (χ4n) is 9.67. The largest absolute Gasteiger partial charge is 0.466 e. The van der Waals surface area contributed by atoms with Crippen molar-refractivity contribution < 1.29 is 49.3 Å². The number of allylic oxidation sites excluding steroid dienone is 3. The van der Waals surface area contributed by atoms with Crippen molar-refractivity contribution in [2.45, 2.75) is 333 Å². The third-order valence-corrected chi connectivity index (χ3v) is 14.6. The van der Waals surface area contributed by atoms with E-state index in [0.717, 1.165) is 64.2 Å². The molecule has 1 heterocycles. The molecular weight excluding hydrogens is 907 g/mol. The molecule has 11 nitrogen and oxygen atoms in total. The second-order valence-electron chi connectivity index (χ2n) is 21.4. The van der Waals surface area contributed by atoms with Gasteiger partial charge in [0.1, 0.15) is 24.4 Å². The number of unbranched alkanes of at least 4 members (excludes halogenated alkanes) is 37. The maximum atomic E-state index is 13.0. The fraction of sp³-hybridized carbons (Fsp3) is 0.902. The first-order valence-electron chi connectivity index (χ1n) is 30.6. The molecule has 424 valence electrons. The average Bonchev–Trinajstić information content (AvgIpc) is 3.38. The Kier molecular flexibility index (Phi) is 48.5. The number of aliphatic hydroxyl groups is 5. The molecule has 72 heavy (non-hydrogen) atoms. The van der Waals surface area contributed by atoms with Crippen LogP contribution in [0.3, 0.4) is 0 Å². The van der Waals surface area contributed by atoms with Crippen molar-refractivity contribution in [3.05, 3.63) is 24.3 Å². The van der Waals surface area contributed by atoms with E-state index in [1.807, 2.05) is 6.08 Å². The molecule has 6 N–H and O–H groups in total. The van der Waals surface area contributed by atoms with Crippen molar-refractivity contribution in [3.8, 4) is 0 Å². The van der Waals surface area contributed by atoms with Crippen molar-refractivity contribution in [2.75, 3.05) is 19.8 Å². The first-order chi connectivity index (χ1) is 35.2. The normalized spacial score (nSPS) is 19.1. The molecule has 0 aromatic carbocycles. The van der Waals surface area contributed by atoms with Crippen LogP contribution in [-0.4, -0.2) is 100 Å². The van der Waals surface area contributed by atoms with Gasteiger partial charge in [0, 0.05) is 12.8 Å². The van der Waals surface area contributed by atoms with E-state index in [1.54, 1.807) is 6.08 Å². The van der Waals surface area contributed by atoms with Gasteiger partial charge in [0.15, 0.2) is 6.29 Å². The number of hydrogen-bond donors (Lipinski definition) is 6. The van der Waals surface area contributed by atoms with Crippen LogP contribution in [0.25, 0.3) is 0 Å². The Labute approximate surface area is 441 Å². The summed E-state index contributed by atoms with van der Waals surface area (Å²) in [6, 6.07) is -0.810. The van der Waals surface area contributed by atoms with Crippen molar-refractivity contribution >= 4 is 11.9 Å². The van der Waals surface area contributed by atoms with Crippen molar-refractivity contribution in [3.63, 3.8) is 0 Å². The van der Waals surface area contributed by atoms with Gasteiger partial charge >= 0.3 is 5.97 Å². The summed E-state index contributed by atoms with van der Waals surface area (Å²) in [5, 5.41) is 54.2. The molecule has 0 saturated carbocycles. The monoisotopic (exact) mass is 1020 g/mol. The first-order valence-corrected chi connectivity index (χ1v) is 30.6. The minimum Gasteiger partial charge on any atom is -0.466 e. The van der Waals surface area contributed by atoms with Crippen LogP contribution in [-0.2, 0) is 23.8 Å². The number of hydrogen-bond acceptors (Lipinski definition) is 10. The Morgan fingerprint density at radius 2 is 0.889 bits per heavy atom. The average molecular weight is 1020 g/mol. The third kappa shape index (κ3) is 40.5. The smallest absolute Gasteiger partial charge is 0.305 e. The molecule has 0 aromatic rings. The van der Waals surface area contributed by atoms with Crippen LogP contribution < -0.4 is 5.32 Å². The Hall–Kier alpha value is -1.86. The lowest BCUT2D eigenvalue weighted by molar-refractivity contribution is -0.302. The number of esters is 1. The molecule has 7 atom stereocenters. The van der Waals surface area contributed by atoms with E-state index < -0.39 is 49.5 Å². The Balaban J connectivity index is 2.00. The van der Waals surface area contributed by atoms with Gasteiger partial charge in [-0.1, -0.05) is 244 Å². The zero-order chi connectivity index (χ0) is 52.4. The maximum absolute atomic E-state index is 13.0. The summed E-state index contributed by atoms with van der Waals surface area (Å²) in [5.41, 5.74) is 0. The maximum Gasteiger partial charge on any atom is 0.305 e. The topological polar surface area (TPSA) is 175 Å².